The van der Waals surface area contributed by atoms with Crippen molar-refractivity contribution >= 4 is 29.0 Å². The number of hydrogen-bond donors (Lipinski definition) is 1. The Bertz CT molecular complexity index is 460. The van der Waals surface area contributed by atoms with Crippen molar-refractivity contribution in [2.75, 3.05) is 32.1 Å². The largest absolute Gasteiger partial charge is 0.381 e. The molecule has 1 N–H and O–H groups in total. The lowest BCUT2D eigenvalue weighted by atomic mass is 10.1. The summed E-state index contributed by atoms with van der Waals surface area (Å²) in [6.07, 6.45) is 1.48. The van der Waals surface area contributed by atoms with Crippen molar-refractivity contribution in [3.8, 4) is 0 Å². The molecule has 1 unspecified atom stereocenters. The molecule has 0 saturated carbocycles. The van der Waals surface area contributed by atoms with Crippen LogP contribution in [0, 0.1) is 0 Å². The minimum Gasteiger partial charge on any atom is -0.381 e. The number of hydrogen-bond acceptors (Lipinski definition) is 6. The van der Waals surface area contributed by atoms with Crippen LogP contribution >= 0.6 is 23.1 Å². The highest BCUT2D eigenvalue weighted by Gasteiger charge is 2.42. The summed E-state index contributed by atoms with van der Waals surface area (Å²) in [4.78, 5) is 11.8. The second-order valence-corrected chi connectivity index (χ2v) is 7.32. The van der Waals surface area contributed by atoms with E-state index in [1.165, 1.54) is 0 Å². The van der Waals surface area contributed by atoms with E-state index in [0.717, 1.165) is 17.1 Å². The Morgan fingerprint density at radius 1 is 1.48 bits per heavy atom. The van der Waals surface area contributed by atoms with Gasteiger partial charge in [-0.3, -0.25) is 4.79 Å². The Hall–Kier alpha value is -0.600. The maximum absolute atomic E-state index is 11.8. The lowest BCUT2D eigenvalue weighted by Gasteiger charge is -2.31. The Morgan fingerprint density at radius 3 is 3.10 bits per heavy atom. The van der Waals surface area contributed by atoms with Crippen LogP contribution in [-0.2, 0) is 19.0 Å². The molecule has 0 bridgehead atoms. The second kappa shape index (κ2) is 7.11. The summed E-state index contributed by atoms with van der Waals surface area (Å²) in [6.45, 7) is 2.40. The number of amides is 1. The molecule has 2 aliphatic rings. The van der Waals surface area contributed by atoms with Gasteiger partial charge in [-0.25, -0.2) is 0 Å². The molecule has 1 amide bonds. The third kappa shape index (κ3) is 4.20. The van der Waals surface area contributed by atoms with Gasteiger partial charge in [0.25, 0.3) is 0 Å². The van der Waals surface area contributed by atoms with Gasteiger partial charge in [0.2, 0.25) is 5.91 Å². The van der Waals surface area contributed by atoms with Crippen molar-refractivity contribution in [2.45, 2.75) is 28.9 Å². The Balaban J connectivity index is 1.36. The van der Waals surface area contributed by atoms with Gasteiger partial charge in [0.1, 0.15) is 6.10 Å². The maximum atomic E-state index is 11.8. The Kier molecular flexibility index (Phi) is 5.18. The zero-order valence-electron chi connectivity index (χ0n) is 11.7. The minimum absolute atomic E-state index is 0.0323. The molecular weight excluding hydrogens is 310 g/mol. The molecule has 1 aromatic rings. The van der Waals surface area contributed by atoms with Crippen LogP contribution in [-0.4, -0.2) is 49.9 Å². The van der Waals surface area contributed by atoms with Crippen LogP contribution < -0.4 is 5.32 Å². The summed E-state index contributed by atoms with van der Waals surface area (Å²) in [7, 11) is 0. The molecule has 1 aromatic heterocycles. The summed E-state index contributed by atoms with van der Waals surface area (Å²) < 4.78 is 18.2. The zero-order chi connectivity index (χ0) is 14.5. The summed E-state index contributed by atoms with van der Waals surface area (Å²) in [6, 6.07) is 4.01. The van der Waals surface area contributed by atoms with Crippen LogP contribution in [0.2, 0.25) is 0 Å². The van der Waals surface area contributed by atoms with Crippen LogP contribution in [0.1, 0.15) is 12.8 Å². The molecule has 0 aliphatic carbocycles. The van der Waals surface area contributed by atoms with Gasteiger partial charge in [-0.1, -0.05) is 6.07 Å². The van der Waals surface area contributed by atoms with Crippen molar-refractivity contribution in [3.05, 3.63) is 17.5 Å². The molecule has 1 spiro atoms. The fourth-order valence-corrected chi connectivity index (χ4v) is 4.04. The zero-order valence-corrected chi connectivity index (χ0v) is 13.3. The molecule has 0 aromatic carbocycles. The normalized spacial score (nSPS) is 24.3. The van der Waals surface area contributed by atoms with Crippen molar-refractivity contribution in [2.24, 2.45) is 0 Å². The molecule has 1 atom stereocenters. The number of carbonyl (C=O) groups is 1. The molecule has 116 valence electrons. The van der Waals surface area contributed by atoms with E-state index >= 15 is 0 Å². The lowest BCUT2D eigenvalue weighted by Crippen LogP contribution is -2.40. The van der Waals surface area contributed by atoms with Gasteiger partial charge in [-0.2, -0.15) is 0 Å². The van der Waals surface area contributed by atoms with E-state index in [1.54, 1.807) is 23.1 Å². The van der Waals surface area contributed by atoms with Gasteiger partial charge in [-0.05, 0) is 11.4 Å². The third-order valence-corrected chi connectivity index (χ3v) is 5.67. The van der Waals surface area contributed by atoms with Crippen LogP contribution in [0.25, 0.3) is 0 Å². The number of thiophene rings is 1. The first-order chi connectivity index (χ1) is 10.3. The number of rotatable bonds is 5. The van der Waals surface area contributed by atoms with Crippen molar-refractivity contribution in [1.82, 2.24) is 5.32 Å². The van der Waals surface area contributed by atoms with Crippen LogP contribution in [0.4, 0.5) is 0 Å². The van der Waals surface area contributed by atoms with E-state index in [0.29, 0.717) is 32.1 Å². The van der Waals surface area contributed by atoms with E-state index in [-0.39, 0.29) is 12.0 Å². The van der Waals surface area contributed by atoms with Gasteiger partial charge in [0.05, 0.1) is 29.8 Å². The minimum atomic E-state index is -0.473. The van der Waals surface area contributed by atoms with E-state index in [2.05, 4.69) is 5.32 Å². The molecule has 21 heavy (non-hydrogen) atoms. The smallest absolute Gasteiger partial charge is 0.230 e. The second-order valence-electron chi connectivity index (χ2n) is 5.10. The highest BCUT2D eigenvalue weighted by atomic mass is 32.2. The molecule has 3 heterocycles. The number of ether oxygens (including phenoxy) is 3. The van der Waals surface area contributed by atoms with E-state index in [1.807, 2.05) is 17.5 Å². The SMILES string of the molecule is O=C(CSc1cccs1)NCC1COC2(CCOCC2)O1. The molecular formula is C14H19NO4S2. The average Bonchev–Trinajstić information content (AvgIpc) is 3.14. The number of nitrogens with one attached hydrogen (secondary N) is 1. The highest BCUT2D eigenvalue weighted by molar-refractivity contribution is 8.01. The molecule has 5 nitrogen and oxygen atoms in total. The van der Waals surface area contributed by atoms with E-state index in [9.17, 15) is 4.79 Å². The average molecular weight is 329 g/mol. The predicted octanol–water partition coefficient (Wildman–Crippen LogP) is 1.88. The van der Waals surface area contributed by atoms with Crippen molar-refractivity contribution < 1.29 is 19.0 Å². The van der Waals surface area contributed by atoms with Gasteiger partial charge in [-0.15, -0.1) is 23.1 Å². The van der Waals surface area contributed by atoms with Gasteiger partial charge >= 0.3 is 0 Å². The topological polar surface area (TPSA) is 56.8 Å². The monoisotopic (exact) mass is 329 g/mol. The summed E-state index contributed by atoms with van der Waals surface area (Å²) >= 11 is 3.21. The molecule has 3 rings (SSSR count). The van der Waals surface area contributed by atoms with Crippen molar-refractivity contribution in [3.63, 3.8) is 0 Å². The van der Waals surface area contributed by atoms with Crippen molar-refractivity contribution in [1.29, 1.82) is 0 Å². The standard InChI is InChI=1S/C14H19NO4S2/c16-12(10-21-13-2-1-7-20-13)15-8-11-9-18-14(19-11)3-5-17-6-4-14/h1-2,7,11H,3-6,8-10H2,(H,15,16). The summed E-state index contributed by atoms with van der Waals surface area (Å²) in [5, 5.41) is 4.93. The molecule has 2 aliphatic heterocycles. The maximum Gasteiger partial charge on any atom is 0.230 e. The third-order valence-electron chi connectivity index (χ3n) is 3.54. The Labute approximate surface area is 132 Å². The Morgan fingerprint density at radius 2 is 2.33 bits per heavy atom. The predicted molar refractivity (Wildman–Crippen MR) is 81.7 cm³/mol. The van der Waals surface area contributed by atoms with E-state index in [4.69, 9.17) is 14.2 Å². The first-order valence-electron chi connectivity index (χ1n) is 7.08. The number of thioether (sulfide) groups is 1. The summed E-state index contributed by atoms with van der Waals surface area (Å²) in [5.41, 5.74) is 0. The molecule has 7 heteroatoms. The fourth-order valence-electron chi connectivity index (χ4n) is 2.42. The van der Waals surface area contributed by atoms with Gasteiger partial charge < -0.3 is 19.5 Å². The fraction of sp³-hybridized carbons (Fsp3) is 0.643. The van der Waals surface area contributed by atoms with Crippen LogP contribution in [0.15, 0.2) is 21.7 Å². The molecule has 2 saturated heterocycles. The quantitative estimate of drug-likeness (QED) is 0.836. The first-order valence-corrected chi connectivity index (χ1v) is 8.95. The van der Waals surface area contributed by atoms with Gasteiger partial charge in [0.15, 0.2) is 5.79 Å². The van der Waals surface area contributed by atoms with Gasteiger partial charge in [0, 0.05) is 19.4 Å². The van der Waals surface area contributed by atoms with Crippen LogP contribution in [0.5, 0.6) is 0 Å². The molecule has 2 fully saturated rings. The lowest BCUT2D eigenvalue weighted by molar-refractivity contribution is -0.210. The number of carbonyl (C=O) groups excluding carboxylic acids is 1. The van der Waals surface area contributed by atoms with E-state index < -0.39 is 5.79 Å². The highest BCUT2D eigenvalue weighted by Crippen LogP contribution is 2.33. The summed E-state index contributed by atoms with van der Waals surface area (Å²) in [5.74, 6) is -0.00294. The molecule has 0 radical (unpaired) electrons. The van der Waals surface area contributed by atoms with Crippen LogP contribution in [0.3, 0.4) is 0 Å². The first kappa shape index (κ1) is 15.3.